The van der Waals surface area contributed by atoms with Crippen LogP contribution in [-0.4, -0.2) is 53.5 Å². The van der Waals surface area contributed by atoms with E-state index in [9.17, 15) is 39.9 Å². The molecule has 294 valence electrons. The summed E-state index contributed by atoms with van der Waals surface area (Å²) >= 11 is 0. The third kappa shape index (κ3) is 5.80. The van der Waals surface area contributed by atoms with E-state index in [-0.39, 0.29) is 34.1 Å². The molecule has 0 bridgehead atoms. The van der Waals surface area contributed by atoms with E-state index in [2.05, 4.69) is 4.58 Å². The summed E-state index contributed by atoms with van der Waals surface area (Å²) < 4.78 is 97.7. The molecule has 1 N–H and O–H groups in total. The number of benzene rings is 4. The predicted octanol–water partition coefficient (Wildman–Crippen LogP) is 5.17. The molecule has 0 fully saturated rings. The molecule has 0 spiro atoms. The molecule has 0 amide bonds. The number of hydrogen-bond acceptors (Lipinski definition) is 7. The summed E-state index contributed by atoms with van der Waals surface area (Å²) in [7, 11) is -8.65. The van der Waals surface area contributed by atoms with Crippen molar-refractivity contribution in [2.75, 3.05) is 27.2 Å². The summed E-state index contributed by atoms with van der Waals surface area (Å²) in [5.74, 6) is -1.73. The average Bonchev–Trinajstić information content (AvgIpc) is 3.43. The highest BCUT2D eigenvalue weighted by molar-refractivity contribution is 7.93. The van der Waals surface area contributed by atoms with Gasteiger partial charge in [-0.05, 0) is 63.6 Å². The van der Waals surface area contributed by atoms with Crippen LogP contribution in [0, 0.1) is 0 Å². The van der Waals surface area contributed by atoms with Crippen LogP contribution in [-0.2, 0) is 35.7 Å². The molecule has 0 saturated carbocycles. The number of nitrogens with zero attached hydrogens (tertiary/aromatic N) is 3. The lowest BCUT2D eigenvalue weighted by Crippen LogP contribution is -2.39. The number of alkyl halides is 3. The summed E-state index contributed by atoms with van der Waals surface area (Å²) in [4.78, 5) is 16.3. The Bertz CT molecular complexity index is 2730. The van der Waals surface area contributed by atoms with Crippen molar-refractivity contribution in [3.8, 4) is 0 Å². The third-order valence-corrected chi connectivity index (χ3v) is 14.2. The third-order valence-electron chi connectivity index (χ3n) is 11.9. The number of carbonyl (C=O) groups excluding carboxylic acids is 1. The fraction of sp³-hybridized carbons (Fsp3) is 0.317. The topological polar surface area (TPSA) is 130 Å². The number of Topliss-reactive ketones (excluding diaryl/α,β-unsaturated/α-hetero) is 1. The van der Waals surface area contributed by atoms with Crippen molar-refractivity contribution < 1.29 is 39.9 Å². The Morgan fingerprint density at radius 1 is 0.839 bits per heavy atom. The second kappa shape index (κ2) is 12.7. The van der Waals surface area contributed by atoms with Crippen molar-refractivity contribution in [1.82, 2.24) is 4.58 Å². The van der Waals surface area contributed by atoms with Gasteiger partial charge in [-0.3, -0.25) is 13.8 Å². The van der Waals surface area contributed by atoms with Crippen LogP contribution in [0.3, 0.4) is 0 Å². The summed E-state index contributed by atoms with van der Waals surface area (Å²) in [6.45, 7) is 11.8. The Morgan fingerprint density at radius 3 is 1.98 bits per heavy atom. The van der Waals surface area contributed by atoms with E-state index in [0.29, 0.717) is 22.3 Å². The maximum Gasteiger partial charge on any atom is 0.516 e. The first kappa shape index (κ1) is 39.1. The zero-order chi connectivity index (χ0) is 41.1. The van der Waals surface area contributed by atoms with Crippen LogP contribution in [0.4, 0.5) is 41.6 Å². The van der Waals surface area contributed by atoms with Gasteiger partial charge in [0, 0.05) is 75.6 Å². The molecule has 4 aromatic rings. The number of nitrogens with one attached hydrogen (secondary N) is 1. The summed E-state index contributed by atoms with van der Waals surface area (Å²) in [5.41, 5.74) is -5.45. The standard InChI is InChI=1S/C41H41F3N4O6S2/c1-23-39(3,4)29-19-27(31(45-56(53,54)41(42,43)44)21-33(29)47(23)25-15-11-9-12-16-25)35-37(49)36(38(35)50)28-20-30-34(22-32(28)46(7)55(8,51)52)48(24(2)40(30,5)6)26-17-13-10-14-18-26/h9-24H,1-8H3,(H,49,50). The molecule has 0 aromatic heterocycles. The quantitative estimate of drug-likeness (QED) is 0.255. The molecular formula is C41H41F3N4O6S2. The van der Waals surface area contributed by atoms with Gasteiger partial charge in [0.1, 0.15) is 0 Å². The molecule has 1 aliphatic carbocycles. The number of anilines is 4. The molecule has 2 heterocycles. The number of rotatable bonds is 7. The van der Waals surface area contributed by atoms with Crippen LogP contribution in [0.5, 0.6) is 0 Å². The molecule has 2 aliphatic heterocycles. The monoisotopic (exact) mass is 806 g/mol. The molecule has 4 aromatic carbocycles. The summed E-state index contributed by atoms with van der Waals surface area (Å²) in [6, 6.07) is 24.0. The number of hydrogen-bond donors (Lipinski definition) is 1. The smallest absolute Gasteiger partial charge is 0.516 e. The van der Waals surface area contributed by atoms with Crippen molar-refractivity contribution in [2.24, 2.45) is 0 Å². The highest BCUT2D eigenvalue weighted by Gasteiger charge is 2.49. The number of ketones is 1. The largest absolute Gasteiger partial charge is 0.871 e. The van der Waals surface area contributed by atoms with Gasteiger partial charge in [-0.15, -0.1) is 0 Å². The van der Waals surface area contributed by atoms with Crippen molar-refractivity contribution in [3.63, 3.8) is 0 Å². The molecule has 10 nitrogen and oxygen atoms in total. The minimum absolute atomic E-state index is 0.0356. The van der Waals surface area contributed by atoms with E-state index in [4.69, 9.17) is 0 Å². The highest BCUT2D eigenvalue weighted by Crippen LogP contribution is 2.52. The van der Waals surface area contributed by atoms with Gasteiger partial charge in [-0.1, -0.05) is 56.0 Å². The Kier molecular flexibility index (Phi) is 8.85. The second-order valence-corrected chi connectivity index (χ2v) is 19.4. The predicted molar refractivity (Wildman–Crippen MR) is 210 cm³/mol. The minimum Gasteiger partial charge on any atom is -0.871 e. The molecular weight excluding hydrogens is 766 g/mol. The molecule has 0 radical (unpaired) electrons. The van der Waals surface area contributed by atoms with Crippen molar-refractivity contribution in [3.05, 3.63) is 118 Å². The Balaban J connectivity index is 1.53. The van der Waals surface area contributed by atoms with E-state index in [0.717, 1.165) is 21.8 Å². The first-order valence-electron chi connectivity index (χ1n) is 17.8. The maximum atomic E-state index is 14.5. The van der Waals surface area contributed by atoms with Gasteiger partial charge in [0.25, 0.3) is 0 Å². The lowest BCUT2D eigenvalue weighted by Gasteiger charge is -2.33. The van der Waals surface area contributed by atoms with Crippen LogP contribution in [0.2, 0.25) is 0 Å². The molecule has 56 heavy (non-hydrogen) atoms. The van der Waals surface area contributed by atoms with Crippen LogP contribution in [0.25, 0.3) is 11.1 Å². The number of allylic oxidation sites excluding steroid dienone is 2. The number of fused-ring (bicyclic) bond motifs is 2. The Morgan fingerprint density at radius 2 is 1.43 bits per heavy atom. The van der Waals surface area contributed by atoms with E-state index in [1.165, 1.54) is 19.2 Å². The van der Waals surface area contributed by atoms with Gasteiger partial charge in [0.2, 0.25) is 21.1 Å². The molecule has 15 heteroatoms. The zero-order valence-corrected chi connectivity index (χ0v) is 33.6. The number of carbonyl (C=O) groups is 1. The average molecular weight is 807 g/mol. The Hall–Kier alpha value is -5.15. The first-order valence-corrected chi connectivity index (χ1v) is 21.2. The molecule has 7 rings (SSSR count). The number of para-hydroxylation sites is 2. The summed E-state index contributed by atoms with van der Waals surface area (Å²) in [6.07, 6.45) is 0.989. The SMILES string of the molecule is CC1N(c2ccccc2)c2cc(NS(=O)(=O)C(F)(F)F)c(C3=C([O-])/C(=c4/cc5c(cc4N(C)S(C)(=O)=O)=[N+](c4ccccc4)C(C)C5(C)C)C3=O)cc2C1(C)C. The van der Waals surface area contributed by atoms with Crippen LogP contribution < -0.4 is 34.2 Å². The van der Waals surface area contributed by atoms with Crippen LogP contribution in [0.1, 0.15) is 58.2 Å². The van der Waals surface area contributed by atoms with Gasteiger partial charge in [-0.25, -0.2) is 8.42 Å². The normalized spacial score (nSPS) is 21.2. The molecule has 2 unspecified atom stereocenters. The van der Waals surface area contributed by atoms with Crippen molar-refractivity contribution >= 4 is 65.4 Å². The van der Waals surface area contributed by atoms with Crippen LogP contribution >= 0.6 is 0 Å². The van der Waals surface area contributed by atoms with Crippen molar-refractivity contribution in [1.29, 1.82) is 0 Å². The van der Waals surface area contributed by atoms with Gasteiger partial charge >= 0.3 is 15.5 Å². The van der Waals surface area contributed by atoms with E-state index in [1.807, 2.05) is 95.0 Å². The summed E-state index contributed by atoms with van der Waals surface area (Å²) in [5, 5.41) is 15.2. The number of sulfonamides is 2. The first-order chi connectivity index (χ1) is 25.9. The number of halogens is 3. The molecule has 3 aliphatic rings. The lowest BCUT2D eigenvalue weighted by atomic mass is 9.76. The van der Waals surface area contributed by atoms with Crippen molar-refractivity contribution in [2.45, 2.75) is 70.0 Å². The fourth-order valence-electron chi connectivity index (χ4n) is 8.03. The lowest BCUT2D eigenvalue weighted by molar-refractivity contribution is -0.292. The molecule has 0 saturated heterocycles. The highest BCUT2D eigenvalue weighted by atomic mass is 32.2. The fourth-order valence-corrected chi connectivity index (χ4v) is 9.11. The zero-order valence-electron chi connectivity index (χ0n) is 32.0. The maximum absolute atomic E-state index is 14.5. The van der Waals surface area contributed by atoms with Gasteiger partial charge in [-0.2, -0.15) is 26.2 Å². The Labute approximate surface area is 324 Å². The van der Waals surface area contributed by atoms with E-state index in [1.54, 1.807) is 29.0 Å². The van der Waals surface area contributed by atoms with Gasteiger partial charge < -0.3 is 10.0 Å². The van der Waals surface area contributed by atoms with Gasteiger partial charge in [0.05, 0.1) is 23.0 Å². The second-order valence-electron chi connectivity index (χ2n) is 15.7. The van der Waals surface area contributed by atoms with E-state index >= 15 is 0 Å². The van der Waals surface area contributed by atoms with E-state index < -0.39 is 59.2 Å². The molecule has 2 atom stereocenters. The van der Waals surface area contributed by atoms with Gasteiger partial charge in [0.15, 0.2) is 11.8 Å². The minimum atomic E-state index is -6.01. The van der Waals surface area contributed by atoms with Crippen LogP contribution in [0.15, 0.2) is 90.7 Å².